The van der Waals surface area contributed by atoms with Crippen molar-refractivity contribution in [3.63, 3.8) is 0 Å². The third-order valence-electron chi connectivity index (χ3n) is 2.47. The van der Waals surface area contributed by atoms with Gasteiger partial charge in [-0.3, -0.25) is 10.5 Å². The number of rotatable bonds is 3. The van der Waals surface area contributed by atoms with E-state index in [2.05, 4.69) is 15.5 Å². The van der Waals surface area contributed by atoms with Gasteiger partial charge in [0.15, 0.2) is 0 Å². The van der Waals surface area contributed by atoms with Crippen LogP contribution in [0.15, 0.2) is 24.8 Å². The molecule has 0 spiro atoms. The number of aromatic nitrogens is 4. The first-order valence-corrected chi connectivity index (χ1v) is 4.64. The SMILES string of the molecule is Cn1cncc1C(NN)c1ccnn1C. The zero-order valence-electron chi connectivity index (χ0n) is 8.75. The van der Waals surface area contributed by atoms with Crippen LogP contribution in [0.1, 0.15) is 17.4 Å². The lowest BCUT2D eigenvalue weighted by atomic mass is 10.1. The van der Waals surface area contributed by atoms with Gasteiger partial charge in [0.25, 0.3) is 0 Å². The van der Waals surface area contributed by atoms with E-state index in [1.54, 1.807) is 23.4 Å². The quantitative estimate of drug-likeness (QED) is 0.534. The largest absolute Gasteiger partial charge is 0.336 e. The first-order valence-electron chi connectivity index (χ1n) is 4.64. The summed E-state index contributed by atoms with van der Waals surface area (Å²) in [5.74, 6) is 5.56. The van der Waals surface area contributed by atoms with Gasteiger partial charge >= 0.3 is 0 Å². The van der Waals surface area contributed by atoms with Gasteiger partial charge in [-0.25, -0.2) is 10.4 Å². The molecule has 2 aromatic heterocycles. The molecule has 2 aromatic rings. The van der Waals surface area contributed by atoms with Crippen LogP contribution in [0.2, 0.25) is 0 Å². The fourth-order valence-corrected chi connectivity index (χ4v) is 1.64. The van der Waals surface area contributed by atoms with Crippen LogP contribution < -0.4 is 11.3 Å². The third kappa shape index (κ3) is 1.64. The van der Waals surface area contributed by atoms with Crippen molar-refractivity contribution < 1.29 is 0 Å². The second-order valence-corrected chi connectivity index (χ2v) is 3.41. The summed E-state index contributed by atoms with van der Waals surface area (Å²) in [6.07, 6.45) is 5.28. The fraction of sp³-hybridized carbons (Fsp3) is 0.333. The number of imidazole rings is 1. The van der Waals surface area contributed by atoms with Crippen LogP contribution in [0.5, 0.6) is 0 Å². The van der Waals surface area contributed by atoms with E-state index in [9.17, 15) is 0 Å². The van der Waals surface area contributed by atoms with Crippen molar-refractivity contribution in [2.75, 3.05) is 0 Å². The lowest BCUT2D eigenvalue weighted by Gasteiger charge is -2.16. The van der Waals surface area contributed by atoms with Crippen molar-refractivity contribution in [2.45, 2.75) is 6.04 Å². The van der Waals surface area contributed by atoms with E-state index in [1.807, 2.05) is 24.7 Å². The molecule has 0 aliphatic carbocycles. The summed E-state index contributed by atoms with van der Waals surface area (Å²) in [4.78, 5) is 4.07. The molecule has 15 heavy (non-hydrogen) atoms. The Balaban J connectivity index is 2.41. The molecule has 0 fully saturated rings. The van der Waals surface area contributed by atoms with Gasteiger partial charge < -0.3 is 4.57 Å². The molecule has 0 amide bonds. The van der Waals surface area contributed by atoms with E-state index < -0.39 is 0 Å². The molecule has 0 saturated carbocycles. The van der Waals surface area contributed by atoms with Crippen LogP contribution in [0.4, 0.5) is 0 Å². The van der Waals surface area contributed by atoms with Crippen molar-refractivity contribution in [2.24, 2.45) is 19.9 Å². The van der Waals surface area contributed by atoms with Crippen molar-refractivity contribution in [1.29, 1.82) is 0 Å². The number of hydrogen-bond donors (Lipinski definition) is 2. The summed E-state index contributed by atoms with van der Waals surface area (Å²) in [6, 6.07) is 1.84. The standard InChI is InChI=1S/C9H14N6/c1-14-6-11-5-8(14)9(13-10)7-3-4-12-15(7)2/h3-6,9,13H,10H2,1-2H3. The number of nitrogens with two attached hydrogens (primary N) is 1. The van der Waals surface area contributed by atoms with E-state index in [1.165, 1.54) is 0 Å². The second kappa shape index (κ2) is 3.84. The average molecular weight is 206 g/mol. The van der Waals surface area contributed by atoms with E-state index in [4.69, 9.17) is 5.84 Å². The Labute approximate surface area is 87.7 Å². The number of hydrazine groups is 1. The number of hydrogen-bond acceptors (Lipinski definition) is 4. The highest BCUT2D eigenvalue weighted by atomic mass is 15.3. The maximum atomic E-state index is 5.56. The second-order valence-electron chi connectivity index (χ2n) is 3.41. The van der Waals surface area contributed by atoms with Crippen molar-refractivity contribution >= 4 is 0 Å². The Kier molecular flexibility index (Phi) is 2.53. The van der Waals surface area contributed by atoms with Crippen LogP contribution in [0.3, 0.4) is 0 Å². The van der Waals surface area contributed by atoms with Crippen molar-refractivity contribution in [3.05, 3.63) is 36.2 Å². The molecule has 0 bridgehead atoms. The molecule has 6 nitrogen and oxygen atoms in total. The lowest BCUT2D eigenvalue weighted by Crippen LogP contribution is -2.31. The van der Waals surface area contributed by atoms with Crippen LogP contribution in [0.25, 0.3) is 0 Å². The average Bonchev–Trinajstić information content (AvgIpc) is 2.80. The van der Waals surface area contributed by atoms with Gasteiger partial charge in [0.1, 0.15) is 6.04 Å². The molecule has 3 N–H and O–H groups in total. The molecular formula is C9H14N6. The van der Waals surface area contributed by atoms with Crippen molar-refractivity contribution in [1.82, 2.24) is 24.8 Å². The summed E-state index contributed by atoms with van der Waals surface area (Å²) in [5, 5.41) is 4.12. The molecular weight excluding hydrogens is 192 g/mol. The summed E-state index contributed by atoms with van der Waals surface area (Å²) < 4.78 is 3.72. The Morgan fingerprint density at radius 3 is 2.67 bits per heavy atom. The Morgan fingerprint density at radius 2 is 2.20 bits per heavy atom. The normalized spacial score (nSPS) is 13.0. The highest BCUT2D eigenvalue weighted by Gasteiger charge is 2.18. The Morgan fingerprint density at radius 1 is 1.40 bits per heavy atom. The molecule has 1 unspecified atom stereocenters. The van der Waals surface area contributed by atoms with Gasteiger partial charge in [0, 0.05) is 20.3 Å². The van der Waals surface area contributed by atoms with Gasteiger partial charge in [0.2, 0.25) is 0 Å². The minimum Gasteiger partial charge on any atom is -0.336 e. The zero-order valence-corrected chi connectivity index (χ0v) is 8.75. The minimum absolute atomic E-state index is 0.0926. The molecule has 80 valence electrons. The van der Waals surface area contributed by atoms with Crippen molar-refractivity contribution in [3.8, 4) is 0 Å². The molecule has 2 heterocycles. The third-order valence-corrected chi connectivity index (χ3v) is 2.47. The Bertz CT molecular complexity index is 403. The summed E-state index contributed by atoms with van der Waals surface area (Å²) in [6.45, 7) is 0. The van der Waals surface area contributed by atoms with E-state index >= 15 is 0 Å². The van der Waals surface area contributed by atoms with E-state index in [0.29, 0.717) is 0 Å². The molecule has 0 aliphatic heterocycles. The summed E-state index contributed by atoms with van der Waals surface area (Å²) >= 11 is 0. The van der Waals surface area contributed by atoms with Gasteiger partial charge in [0.05, 0.1) is 23.9 Å². The zero-order chi connectivity index (χ0) is 10.8. The topological polar surface area (TPSA) is 73.7 Å². The summed E-state index contributed by atoms with van der Waals surface area (Å²) in [5.41, 5.74) is 4.77. The van der Waals surface area contributed by atoms with Gasteiger partial charge in [-0.2, -0.15) is 5.10 Å². The minimum atomic E-state index is -0.0926. The van der Waals surface area contributed by atoms with E-state index in [0.717, 1.165) is 11.4 Å². The van der Waals surface area contributed by atoms with Crippen LogP contribution in [0, 0.1) is 0 Å². The summed E-state index contributed by atoms with van der Waals surface area (Å²) in [7, 11) is 3.82. The van der Waals surface area contributed by atoms with Gasteiger partial charge in [-0.05, 0) is 6.07 Å². The number of aryl methyl sites for hydroxylation is 2. The fourth-order valence-electron chi connectivity index (χ4n) is 1.64. The number of nitrogens with one attached hydrogen (secondary N) is 1. The molecule has 0 aliphatic rings. The molecule has 0 aromatic carbocycles. The van der Waals surface area contributed by atoms with Crippen LogP contribution in [-0.4, -0.2) is 19.3 Å². The number of nitrogens with zero attached hydrogens (tertiary/aromatic N) is 4. The molecule has 1 atom stereocenters. The predicted octanol–water partition coefficient (Wildman–Crippen LogP) is -0.294. The Hall–Kier alpha value is -1.66. The molecule has 2 rings (SSSR count). The van der Waals surface area contributed by atoms with E-state index in [-0.39, 0.29) is 6.04 Å². The van der Waals surface area contributed by atoms with Crippen LogP contribution >= 0.6 is 0 Å². The van der Waals surface area contributed by atoms with Gasteiger partial charge in [-0.15, -0.1) is 0 Å². The molecule has 6 heteroatoms. The predicted molar refractivity (Wildman–Crippen MR) is 55.6 cm³/mol. The maximum absolute atomic E-state index is 5.56. The first kappa shape index (κ1) is 9.88. The highest BCUT2D eigenvalue weighted by Crippen LogP contribution is 2.19. The lowest BCUT2D eigenvalue weighted by molar-refractivity contribution is 0.549. The maximum Gasteiger partial charge on any atom is 0.104 e. The first-order chi connectivity index (χ1) is 7.24. The smallest absolute Gasteiger partial charge is 0.104 e. The molecule has 0 radical (unpaired) electrons. The van der Waals surface area contributed by atoms with Gasteiger partial charge in [-0.1, -0.05) is 0 Å². The highest BCUT2D eigenvalue weighted by molar-refractivity contribution is 5.19. The molecule has 0 saturated heterocycles. The monoisotopic (exact) mass is 206 g/mol. The van der Waals surface area contributed by atoms with Crippen LogP contribution in [-0.2, 0) is 14.1 Å².